The zero-order valence-electron chi connectivity index (χ0n) is 10.7. The van der Waals surface area contributed by atoms with Gasteiger partial charge in [-0.05, 0) is 6.42 Å². The summed E-state index contributed by atoms with van der Waals surface area (Å²) in [4.78, 5) is 29.2. The van der Waals surface area contributed by atoms with E-state index in [-0.39, 0.29) is 5.56 Å². The summed E-state index contributed by atoms with van der Waals surface area (Å²) < 4.78 is 0. The van der Waals surface area contributed by atoms with Gasteiger partial charge in [0.15, 0.2) is 0 Å². The van der Waals surface area contributed by atoms with Crippen LogP contribution in [0.25, 0.3) is 0 Å². The van der Waals surface area contributed by atoms with Crippen molar-refractivity contribution < 1.29 is 9.90 Å². The van der Waals surface area contributed by atoms with Crippen LogP contribution in [0.3, 0.4) is 0 Å². The molecule has 0 radical (unpaired) electrons. The molecule has 0 aromatic carbocycles. The van der Waals surface area contributed by atoms with Gasteiger partial charge < -0.3 is 15.4 Å². The number of nitrogens with one attached hydrogen (secondary N) is 2. The van der Waals surface area contributed by atoms with Crippen molar-refractivity contribution in [3.63, 3.8) is 0 Å². The largest absolute Gasteiger partial charge is 0.480 e. The summed E-state index contributed by atoms with van der Waals surface area (Å²) in [6.07, 6.45) is 2.85. The number of unbranched alkanes of at least 4 members (excludes halogenated alkanes) is 1. The van der Waals surface area contributed by atoms with Gasteiger partial charge in [-0.25, -0.2) is 9.78 Å². The maximum Gasteiger partial charge on any atom is 0.326 e. The van der Waals surface area contributed by atoms with Crippen LogP contribution in [0.5, 0.6) is 0 Å². The van der Waals surface area contributed by atoms with E-state index in [4.69, 9.17) is 5.11 Å². The summed E-state index contributed by atoms with van der Waals surface area (Å²) in [6.45, 7) is 3.87. The number of carboxylic acids is 1. The molecule has 100 valence electrons. The molecule has 1 atom stereocenters. The number of hydrogen-bond acceptors (Lipinski definition) is 4. The normalized spacial score (nSPS) is 12.1. The molecule has 18 heavy (non-hydrogen) atoms. The molecule has 1 heterocycles. The third kappa shape index (κ3) is 4.20. The minimum atomic E-state index is -0.927. The van der Waals surface area contributed by atoms with Gasteiger partial charge in [-0.3, -0.25) is 4.79 Å². The lowest BCUT2D eigenvalue weighted by atomic mass is 10.1. The van der Waals surface area contributed by atoms with Gasteiger partial charge in [-0.15, -0.1) is 0 Å². The number of anilines is 1. The van der Waals surface area contributed by atoms with Gasteiger partial charge in [0.2, 0.25) is 0 Å². The highest BCUT2D eigenvalue weighted by atomic mass is 16.4. The van der Waals surface area contributed by atoms with Gasteiger partial charge in [0, 0.05) is 12.5 Å². The average molecular weight is 253 g/mol. The van der Waals surface area contributed by atoms with E-state index in [1.165, 1.54) is 6.07 Å². The highest BCUT2D eigenvalue weighted by Crippen LogP contribution is 2.08. The monoisotopic (exact) mass is 253 g/mol. The fourth-order valence-electron chi connectivity index (χ4n) is 1.59. The third-order valence-electron chi connectivity index (χ3n) is 2.59. The van der Waals surface area contributed by atoms with Crippen LogP contribution < -0.4 is 10.9 Å². The fourth-order valence-corrected chi connectivity index (χ4v) is 1.59. The van der Waals surface area contributed by atoms with Crippen LogP contribution in [0.2, 0.25) is 0 Å². The van der Waals surface area contributed by atoms with Crippen molar-refractivity contribution in [3.05, 3.63) is 22.2 Å². The standard InChI is InChI=1S/C12H19N3O3/c1-3-5-6-8(12(17)18)13-10-7-11(16)15-9(4-2)14-10/h7-8H,3-6H2,1-2H3,(H,17,18)(H2,13,14,15,16). The quantitative estimate of drug-likeness (QED) is 0.682. The van der Waals surface area contributed by atoms with Crippen molar-refractivity contribution in [3.8, 4) is 0 Å². The molecule has 1 aromatic heterocycles. The molecule has 0 saturated carbocycles. The molecule has 1 aromatic rings. The van der Waals surface area contributed by atoms with Crippen molar-refractivity contribution in [2.75, 3.05) is 5.32 Å². The van der Waals surface area contributed by atoms with Gasteiger partial charge in [0.05, 0.1) is 0 Å². The van der Waals surface area contributed by atoms with E-state index >= 15 is 0 Å². The van der Waals surface area contributed by atoms with Gasteiger partial charge in [-0.2, -0.15) is 0 Å². The topological polar surface area (TPSA) is 95.1 Å². The van der Waals surface area contributed by atoms with E-state index in [1.807, 2.05) is 13.8 Å². The van der Waals surface area contributed by atoms with Crippen LogP contribution in [-0.4, -0.2) is 27.1 Å². The number of aryl methyl sites for hydroxylation is 1. The van der Waals surface area contributed by atoms with Crippen molar-refractivity contribution in [2.24, 2.45) is 0 Å². The first-order valence-corrected chi connectivity index (χ1v) is 6.16. The van der Waals surface area contributed by atoms with E-state index in [2.05, 4.69) is 15.3 Å². The minimum absolute atomic E-state index is 0.274. The van der Waals surface area contributed by atoms with E-state index in [0.717, 1.165) is 12.8 Å². The molecule has 0 bridgehead atoms. The fraction of sp³-hybridized carbons (Fsp3) is 0.583. The van der Waals surface area contributed by atoms with E-state index in [0.29, 0.717) is 24.5 Å². The van der Waals surface area contributed by atoms with Crippen molar-refractivity contribution in [1.82, 2.24) is 9.97 Å². The second-order valence-corrected chi connectivity index (χ2v) is 4.11. The Labute approximate surface area is 105 Å². The lowest BCUT2D eigenvalue weighted by Gasteiger charge is -2.14. The zero-order chi connectivity index (χ0) is 13.5. The lowest BCUT2D eigenvalue weighted by molar-refractivity contribution is -0.138. The Morgan fingerprint density at radius 1 is 1.56 bits per heavy atom. The Morgan fingerprint density at radius 3 is 2.83 bits per heavy atom. The third-order valence-corrected chi connectivity index (χ3v) is 2.59. The van der Waals surface area contributed by atoms with Gasteiger partial charge in [0.25, 0.3) is 5.56 Å². The molecule has 1 unspecified atom stereocenters. The SMILES string of the molecule is CCCCC(Nc1cc(=O)[nH]c(CC)n1)C(=O)O. The summed E-state index contributed by atoms with van der Waals surface area (Å²) in [5, 5.41) is 11.9. The van der Waals surface area contributed by atoms with Crippen LogP contribution in [0, 0.1) is 0 Å². The van der Waals surface area contributed by atoms with Crippen molar-refractivity contribution in [1.29, 1.82) is 0 Å². The number of rotatable bonds is 7. The Bertz CT molecular complexity index is 456. The molecule has 0 fully saturated rings. The maximum atomic E-state index is 11.4. The molecule has 3 N–H and O–H groups in total. The zero-order valence-corrected chi connectivity index (χ0v) is 10.7. The molecular weight excluding hydrogens is 234 g/mol. The first kappa shape index (κ1) is 14.2. The Morgan fingerprint density at radius 2 is 2.28 bits per heavy atom. The number of aromatic nitrogens is 2. The van der Waals surface area contributed by atoms with Gasteiger partial charge in [-0.1, -0.05) is 26.7 Å². The molecule has 1 rings (SSSR count). The number of carboxylic acid groups (broad SMARTS) is 1. The Balaban J connectivity index is 2.82. The van der Waals surface area contributed by atoms with E-state index < -0.39 is 12.0 Å². The number of aliphatic carboxylic acids is 1. The van der Waals surface area contributed by atoms with E-state index in [9.17, 15) is 9.59 Å². The average Bonchev–Trinajstić information content (AvgIpc) is 2.33. The molecular formula is C12H19N3O3. The number of carbonyl (C=O) groups is 1. The molecule has 0 amide bonds. The predicted molar refractivity (Wildman–Crippen MR) is 68.8 cm³/mol. The molecule has 6 nitrogen and oxygen atoms in total. The van der Waals surface area contributed by atoms with Crippen LogP contribution in [-0.2, 0) is 11.2 Å². The first-order chi connectivity index (χ1) is 8.56. The summed E-state index contributed by atoms with van der Waals surface area (Å²) in [5.41, 5.74) is -0.274. The summed E-state index contributed by atoms with van der Waals surface area (Å²) in [5.74, 6) is -0.0627. The van der Waals surface area contributed by atoms with Crippen LogP contribution >= 0.6 is 0 Å². The Kier molecular flexibility index (Phi) is 5.35. The van der Waals surface area contributed by atoms with Gasteiger partial charge >= 0.3 is 5.97 Å². The minimum Gasteiger partial charge on any atom is -0.480 e. The van der Waals surface area contributed by atoms with Crippen molar-refractivity contribution >= 4 is 11.8 Å². The second kappa shape index (κ2) is 6.78. The summed E-state index contributed by atoms with van der Waals surface area (Å²) >= 11 is 0. The second-order valence-electron chi connectivity index (χ2n) is 4.11. The number of nitrogens with zero attached hydrogens (tertiary/aromatic N) is 1. The van der Waals surface area contributed by atoms with Crippen LogP contribution in [0.1, 0.15) is 38.9 Å². The smallest absolute Gasteiger partial charge is 0.326 e. The first-order valence-electron chi connectivity index (χ1n) is 6.16. The van der Waals surface area contributed by atoms with Crippen LogP contribution in [0.4, 0.5) is 5.82 Å². The molecule has 6 heteroatoms. The molecule has 0 aliphatic rings. The summed E-state index contributed by atoms with van der Waals surface area (Å²) in [7, 11) is 0. The summed E-state index contributed by atoms with van der Waals surface area (Å²) in [6, 6.07) is 0.574. The lowest BCUT2D eigenvalue weighted by Crippen LogP contribution is -2.30. The molecule has 0 saturated heterocycles. The van der Waals surface area contributed by atoms with E-state index in [1.54, 1.807) is 0 Å². The maximum absolute atomic E-state index is 11.4. The molecule has 0 aliphatic heterocycles. The van der Waals surface area contributed by atoms with Gasteiger partial charge in [0.1, 0.15) is 17.7 Å². The number of aromatic amines is 1. The highest BCUT2D eigenvalue weighted by molar-refractivity contribution is 5.76. The predicted octanol–water partition coefficient (Wildman–Crippen LogP) is 1.39. The number of H-pyrrole nitrogens is 1. The highest BCUT2D eigenvalue weighted by Gasteiger charge is 2.17. The molecule has 0 spiro atoms. The number of hydrogen-bond donors (Lipinski definition) is 3. The Hall–Kier alpha value is -1.85. The van der Waals surface area contributed by atoms with Crippen LogP contribution in [0.15, 0.2) is 10.9 Å². The van der Waals surface area contributed by atoms with Crippen molar-refractivity contribution in [2.45, 2.75) is 45.6 Å². The molecule has 0 aliphatic carbocycles.